The highest BCUT2D eigenvalue weighted by Gasteiger charge is 2.18. The van der Waals surface area contributed by atoms with Crippen molar-refractivity contribution in [2.75, 3.05) is 18.5 Å². The fraction of sp³-hybridized carbons (Fsp3) is 0.211. The predicted molar refractivity (Wildman–Crippen MR) is 97.1 cm³/mol. The van der Waals surface area contributed by atoms with E-state index in [-0.39, 0.29) is 5.69 Å². The quantitative estimate of drug-likeness (QED) is 0.784. The smallest absolute Gasteiger partial charge is 0.282 e. The zero-order chi connectivity index (χ0) is 18.1. The highest BCUT2D eigenvalue weighted by molar-refractivity contribution is 6.03. The monoisotopic (exact) mass is 351 g/mol. The van der Waals surface area contributed by atoms with E-state index in [2.05, 4.69) is 10.3 Å². The number of benzene rings is 2. The molecule has 0 aliphatic carbocycles. The summed E-state index contributed by atoms with van der Waals surface area (Å²) in [4.78, 5) is 29.6. The van der Waals surface area contributed by atoms with Gasteiger partial charge in [0.05, 0.1) is 11.0 Å². The van der Waals surface area contributed by atoms with Gasteiger partial charge < -0.3 is 19.4 Å². The SMILES string of the molecule is CCn1c(=O)c(C(=O)Nc2ccc3c(c2)OCCO3)nc2ccccc21. The molecule has 0 spiro atoms. The number of nitrogens with one attached hydrogen (secondary N) is 1. The molecular formula is C19H17N3O4. The first kappa shape index (κ1) is 16.1. The van der Waals surface area contributed by atoms with Crippen LogP contribution in [-0.2, 0) is 6.54 Å². The molecule has 3 aromatic rings. The van der Waals surface area contributed by atoms with E-state index in [1.807, 2.05) is 25.1 Å². The lowest BCUT2D eigenvalue weighted by atomic mass is 10.2. The van der Waals surface area contributed by atoms with Gasteiger partial charge in [0.15, 0.2) is 17.2 Å². The van der Waals surface area contributed by atoms with Crippen LogP contribution in [0, 0.1) is 0 Å². The number of ether oxygens (including phenoxy) is 2. The normalized spacial score (nSPS) is 12.8. The molecule has 1 N–H and O–H groups in total. The van der Waals surface area contributed by atoms with Gasteiger partial charge >= 0.3 is 0 Å². The molecule has 26 heavy (non-hydrogen) atoms. The van der Waals surface area contributed by atoms with Gasteiger partial charge in [-0.05, 0) is 31.2 Å². The molecule has 2 heterocycles. The third kappa shape index (κ3) is 2.77. The molecule has 0 radical (unpaired) electrons. The summed E-state index contributed by atoms with van der Waals surface area (Å²) >= 11 is 0. The fourth-order valence-electron chi connectivity index (χ4n) is 2.97. The molecule has 7 heteroatoms. The molecule has 0 saturated heterocycles. The van der Waals surface area contributed by atoms with Crippen LogP contribution in [0.1, 0.15) is 17.4 Å². The van der Waals surface area contributed by atoms with Crippen molar-refractivity contribution in [3.63, 3.8) is 0 Å². The second kappa shape index (κ2) is 6.51. The van der Waals surface area contributed by atoms with Crippen LogP contribution in [0.25, 0.3) is 11.0 Å². The average molecular weight is 351 g/mol. The van der Waals surface area contributed by atoms with Crippen LogP contribution in [0.3, 0.4) is 0 Å². The number of amides is 1. The van der Waals surface area contributed by atoms with Crippen molar-refractivity contribution in [1.29, 1.82) is 0 Å². The first-order valence-electron chi connectivity index (χ1n) is 8.38. The Morgan fingerprint density at radius 2 is 1.92 bits per heavy atom. The van der Waals surface area contributed by atoms with E-state index in [4.69, 9.17) is 9.47 Å². The Morgan fingerprint density at radius 1 is 1.15 bits per heavy atom. The van der Waals surface area contributed by atoms with E-state index < -0.39 is 11.5 Å². The van der Waals surface area contributed by atoms with Crippen molar-refractivity contribution in [3.8, 4) is 11.5 Å². The number of aryl methyl sites for hydroxylation is 1. The summed E-state index contributed by atoms with van der Waals surface area (Å²) in [6, 6.07) is 12.4. The van der Waals surface area contributed by atoms with Crippen molar-refractivity contribution in [2.45, 2.75) is 13.5 Å². The van der Waals surface area contributed by atoms with E-state index in [1.165, 1.54) is 0 Å². The lowest BCUT2D eigenvalue weighted by Gasteiger charge is -2.19. The van der Waals surface area contributed by atoms with Gasteiger partial charge in [0.2, 0.25) is 0 Å². The highest BCUT2D eigenvalue weighted by Crippen LogP contribution is 2.32. The maximum atomic E-state index is 12.7. The van der Waals surface area contributed by atoms with E-state index in [0.29, 0.717) is 48.0 Å². The first-order valence-corrected chi connectivity index (χ1v) is 8.38. The minimum Gasteiger partial charge on any atom is -0.486 e. The van der Waals surface area contributed by atoms with Crippen LogP contribution in [0.4, 0.5) is 5.69 Å². The molecule has 1 aromatic heterocycles. The van der Waals surface area contributed by atoms with E-state index in [1.54, 1.807) is 28.8 Å². The molecule has 4 rings (SSSR count). The van der Waals surface area contributed by atoms with Gasteiger partial charge in [0.1, 0.15) is 13.2 Å². The van der Waals surface area contributed by atoms with Gasteiger partial charge in [0, 0.05) is 18.3 Å². The molecule has 0 unspecified atom stereocenters. The zero-order valence-corrected chi connectivity index (χ0v) is 14.2. The number of fused-ring (bicyclic) bond motifs is 2. The van der Waals surface area contributed by atoms with Gasteiger partial charge in [-0.15, -0.1) is 0 Å². The number of nitrogens with zero attached hydrogens (tertiary/aromatic N) is 2. The van der Waals surface area contributed by atoms with Crippen LogP contribution in [-0.4, -0.2) is 28.7 Å². The van der Waals surface area contributed by atoms with Crippen molar-refractivity contribution in [3.05, 3.63) is 58.5 Å². The number of carbonyl (C=O) groups excluding carboxylic acids is 1. The number of aromatic nitrogens is 2. The summed E-state index contributed by atoms with van der Waals surface area (Å²) in [7, 11) is 0. The van der Waals surface area contributed by atoms with Gasteiger partial charge in [-0.2, -0.15) is 0 Å². The van der Waals surface area contributed by atoms with Crippen LogP contribution >= 0.6 is 0 Å². The maximum Gasteiger partial charge on any atom is 0.282 e. The van der Waals surface area contributed by atoms with E-state index in [0.717, 1.165) is 0 Å². The van der Waals surface area contributed by atoms with Crippen LogP contribution in [0.15, 0.2) is 47.3 Å². The summed E-state index contributed by atoms with van der Waals surface area (Å²) < 4.78 is 12.5. The van der Waals surface area contributed by atoms with Gasteiger partial charge in [-0.1, -0.05) is 12.1 Å². The maximum absolute atomic E-state index is 12.7. The third-order valence-corrected chi connectivity index (χ3v) is 4.18. The largest absolute Gasteiger partial charge is 0.486 e. The number of hydrogen-bond donors (Lipinski definition) is 1. The minimum absolute atomic E-state index is 0.138. The van der Waals surface area contributed by atoms with E-state index >= 15 is 0 Å². The topological polar surface area (TPSA) is 82.5 Å². The van der Waals surface area contributed by atoms with E-state index in [9.17, 15) is 9.59 Å². The summed E-state index contributed by atoms with van der Waals surface area (Å²) in [6.45, 7) is 3.26. The molecule has 0 saturated carbocycles. The summed E-state index contributed by atoms with van der Waals surface area (Å²) in [5.41, 5.74) is 1.26. The second-order valence-electron chi connectivity index (χ2n) is 5.81. The number of para-hydroxylation sites is 2. The Kier molecular flexibility index (Phi) is 4.04. The third-order valence-electron chi connectivity index (χ3n) is 4.18. The number of anilines is 1. The minimum atomic E-state index is -0.556. The van der Waals surface area contributed by atoms with Gasteiger partial charge in [0.25, 0.3) is 11.5 Å². The van der Waals surface area contributed by atoms with Crippen molar-refractivity contribution >= 4 is 22.6 Å². The molecule has 0 atom stereocenters. The summed E-state index contributed by atoms with van der Waals surface area (Å²) in [5, 5.41) is 2.71. The predicted octanol–water partition coefficient (Wildman–Crippen LogP) is 2.44. The number of carbonyl (C=O) groups is 1. The molecule has 1 aliphatic rings. The molecule has 7 nitrogen and oxygen atoms in total. The lowest BCUT2D eigenvalue weighted by molar-refractivity contribution is 0.102. The summed E-state index contributed by atoms with van der Waals surface area (Å²) in [6.07, 6.45) is 0. The highest BCUT2D eigenvalue weighted by atomic mass is 16.6. The lowest BCUT2D eigenvalue weighted by Crippen LogP contribution is -2.31. The fourth-order valence-corrected chi connectivity index (χ4v) is 2.97. The Hall–Kier alpha value is -3.35. The standard InChI is InChI=1S/C19H17N3O4/c1-2-22-14-6-4-3-5-13(14)21-17(19(22)24)18(23)20-12-7-8-15-16(11-12)26-10-9-25-15/h3-8,11H,2,9-10H2,1H3,(H,20,23). The van der Waals surface area contributed by atoms with Crippen molar-refractivity contribution in [2.24, 2.45) is 0 Å². The molecule has 132 valence electrons. The van der Waals surface area contributed by atoms with Gasteiger partial charge in [-0.25, -0.2) is 4.98 Å². The van der Waals surface area contributed by atoms with Gasteiger partial charge in [-0.3, -0.25) is 9.59 Å². The molecule has 0 bridgehead atoms. The van der Waals surface area contributed by atoms with Crippen molar-refractivity contribution < 1.29 is 14.3 Å². The Morgan fingerprint density at radius 3 is 2.73 bits per heavy atom. The Bertz CT molecular complexity index is 1060. The zero-order valence-electron chi connectivity index (χ0n) is 14.2. The van der Waals surface area contributed by atoms with Crippen LogP contribution in [0.5, 0.6) is 11.5 Å². The first-order chi connectivity index (χ1) is 12.7. The Balaban J connectivity index is 1.70. The number of hydrogen-bond acceptors (Lipinski definition) is 5. The number of rotatable bonds is 3. The Labute approximate surface area is 149 Å². The molecule has 1 amide bonds. The molecule has 1 aliphatic heterocycles. The molecular weight excluding hydrogens is 334 g/mol. The van der Waals surface area contributed by atoms with Crippen molar-refractivity contribution in [1.82, 2.24) is 9.55 Å². The summed E-state index contributed by atoms with van der Waals surface area (Å²) in [5.74, 6) is 0.637. The van der Waals surface area contributed by atoms with Crippen LogP contribution < -0.4 is 20.3 Å². The average Bonchev–Trinajstić information content (AvgIpc) is 2.67. The molecule has 0 fully saturated rings. The van der Waals surface area contributed by atoms with Crippen LogP contribution in [0.2, 0.25) is 0 Å². The second-order valence-corrected chi connectivity index (χ2v) is 5.81. The molecule has 2 aromatic carbocycles.